The third kappa shape index (κ3) is 8.52. The average molecular weight is 684 g/mol. The van der Waals surface area contributed by atoms with Crippen molar-refractivity contribution in [3.8, 4) is 11.3 Å². The summed E-state index contributed by atoms with van der Waals surface area (Å²) in [6.45, 7) is 7.57. The highest BCUT2D eigenvalue weighted by atomic mass is 32.1. The number of benzene rings is 1. The van der Waals surface area contributed by atoms with E-state index in [4.69, 9.17) is 9.47 Å². The molecule has 0 bridgehead atoms. The number of thiazole rings is 1. The number of piperazine rings is 1. The van der Waals surface area contributed by atoms with Crippen molar-refractivity contribution in [1.29, 1.82) is 0 Å². The molecule has 0 saturated carbocycles. The molecule has 0 unspecified atom stereocenters. The molecule has 2 atom stereocenters. The summed E-state index contributed by atoms with van der Waals surface area (Å²) in [6, 6.07) is 2.34. The number of anilines is 3. The molecule has 2 aliphatic rings. The number of hydrogen-bond donors (Lipinski definition) is 1. The molecule has 2 saturated heterocycles. The fraction of sp³-hybridized carbons (Fsp3) is 0.548. The fourth-order valence-corrected chi connectivity index (χ4v) is 7.02. The van der Waals surface area contributed by atoms with Gasteiger partial charge in [-0.15, -0.1) is 0 Å². The van der Waals surface area contributed by atoms with Gasteiger partial charge in [0.15, 0.2) is 16.8 Å². The van der Waals surface area contributed by atoms with Crippen LogP contribution in [0.25, 0.3) is 11.3 Å². The highest BCUT2D eigenvalue weighted by molar-refractivity contribution is 7.16. The lowest BCUT2D eigenvalue weighted by atomic mass is 10.1. The number of nitrogens with one attached hydrogen (secondary N) is 1. The van der Waals surface area contributed by atoms with Crippen molar-refractivity contribution in [2.45, 2.75) is 57.9 Å². The molecule has 1 aromatic carbocycles. The number of likely N-dealkylation sites (tertiary alicyclic amines) is 1. The standard InChI is InChI=1S/C31H38F5N7O3S/c1-4-46-25(44)7-9-41-10-11-43(23(15-41)17-45-3)29-26(33)28(37-18-38-29)40-30-39-27(24(47-30)16-42-8-5-6-19(42)2)20-12-21(31(34,35)36)14-22(32)13-20/h12-14,18-19,23H,4-11,15-17H2,1-3H3,(H,37,38,39,40)/t19-,23+/m1/s1. The third-order valence-corrected chi connectivity index (χ3v) is 9.32. The van der Waals surface area contributed by atoms with Gasteiger partial charge in [-0.2, -0.15) is 17.6 Å². The lowest BCUT2D eigenvalue weighted by molar-refractivity contribution is -0.143. The van der Waals surface area contributed by atoms with Crippen LogP contribution < -0.4 is 10.2 Å². The zero-order valence-electron chi connectivity index (χ0n) is 26.4. The maximum atomic E-state index is 16.1. The molecule has 0 aliphatic carbocycles. The monoisotopic (exact) mass is 683 g/mol. The SMILES string of the molecule is CCOC(=O)CCN1CCN(c2ncnc(Nc3nc(-c4cc(F)cc(C(F)(F)F)c4)c(CN4CCC[C@H]4C)s3)c2F)[C@H](COC)C1. The average Bonchev–Trinajstić information content (AvgIpc) is 3.62. The van der Waals surface area contributed by atoms with E-state index in [9.17, 15) is 22.4 Å². The van der Waals surface area contributed by atoms with Crippen LogP contribution in [0.5, 0.6) is 0 Å². The van der Waals surface area contributed by atoms with Gasteiger partial charge in [0.05, 0.1) is 36.9 Å². The second-order valence-electron chi connectivity index (χ2n) is 11.6. The molecule has 2 aromatic heterocycles. The highest BCUT2D eigenvalue weighted by Crippen LogP contribution is 2.39. The van der Waals surface area contributed by atoms with Gasteiger partial charge < -0.3 is 19.7 Å². The molecule has 2 fully saturated rings. The first-order valence-electron chi connectivity index (χ1n) is 15.5. The minimum Gasteiger partial charge on any atom is -0.466 e. The van der Waals surface area contributed by atoms with Crippen LogP contribution in [0.4, 0.5) is 38.7 Å². The molecule has 47 heavy (non-hydrogen) atoms. The van der Waals surface area contributed by atoms with E-state index in [1.807, 2.05) is 0 Å². The number of halogens is 5. The van der Waals surface area contributed by atoms with Crippen LogP contribution >= 0.6 is 11.3 Å². The number of esters is 1. The van der Waals surface area contributed by atoms with E-state index in [1.165, 1.54) is 6.33 Å². The second-order valence-corrected chi connectivity index (χ2v) is 12.7. The van der Waals surface area contributed by atoms with Gasteiger partial charge in [0.25, 0.3) is 0 Å². The zero-order valence-corrected chi connectivity index (χ0v) is 27.3. The molecular weight excluding hydrogens is 645 g/mol. The van der Waals surface area contributed by atoms with Gasteiger partial charge in [-0.1, -0.05) is 11.3 Å². The lowest BCUT2D eigenvalue weighted by Crippen LogP contribution is -2.55. The topological polar surface area (TPSA) is 96.0 Å². The van der Waals surface area contributed by atoms with Crippen LogP contribution in [0.3, 0.4) is 0 Å². The van der Waals surface area contributed by atoms with E-state index in [0.29, 0.717) is 50.3 Å². The number of aromatic nitrogens is 3. The maximum absolute atomic E-state index is 16.1. The van der Waals surface area contributed by atoms with Gasteiger partial charge in [-0.05, 0) is 51.4 Å². The Morgan fingerprint density at radius 1 is 1.15 bits per heavy atom. The molecule has 1 N–H and O–H groups in total. The highest BCUT2D eigenvalue weighted by Gasteiger charge is 2.33. The van der Waals surface area contributed by atoms with Crippen LogP contribution in [0.1, 0.15) is 43.6 Å². The quantitative estimate of drug-likeness (QED) is 0.189. The number of rotatable bonds is 12. The van der Waals surface area contributed by atoms with Crippen molar-refractivity contribution in [3.05, 3.63) is 46.6 Å². The van der Waals surface area contributed by atoms with Gasteiger partial charge in [0.2, 0.25) is 5.82 Å². The van der Waals surface area contributed by atoms with Gasteiger partial charge in [-0.3, -0.25) is 14.6 Å². The van der Waals surface area contributed by atoms with Crippen molar-refractivity contribution in [2.75, 3.05) is 63.3 Å². The number of alkyl halides is 3. The molecular formula is C31H38F5N7O3S. The number of hydrogen-bond acceptors (Lipinski definition) is 11. The summed E-state index contributed by atoms with van der Waals surface area (Å²) in [5, 5.41) is 3.10. The summed E-state index contributed by atoms with van der Waals surface area (Å²) in [4.78, 5) is 31.4. The number of carbonyl (C=O) groups excluding carboxylic acids is 1. The fourth-order valence-electron chi connectivity index (χ4n) is 6.01. The lowest BCUT2D eigenvalue weighted by Gasteiger charge is -2.41. The summed E-state index contributed by atoms with van der Waals surface area (Å²) in [7, 11) is 1.55. The smallest absolute Gasteiger partial charge is 0.416 e. The molecule has 256 valence electrons. The van der Waals surface area contributed by atoms with E-state index < -0.39 is 23.4 Å². The molecule has 0 amide bonds. The molecule has 4 heterocycles. The van der Waals surface area contributed by atoms with Crippen molar-refractivity contribution < 1.29 is 36.2 Å². The molecule has 16 heteroatoms. The number of carbonyl (C=O) groups is 1. The van der Waals surface area contributed by atoms with Crippen LogP contribution in [0, 0.1) is 11.6 Å². The summed E-state index contributed by atoms with van der Waals surface area (Å²) in [6.07, 6.45) is -1.31. The number of ether oxygens (including phenoxy) is 2. The Bertz CT molecular complexity index is 1540. The van der Waals surface area contributed by atoms with Crippen molar-refractivity contribution in [1.82, 2.24) is 24.8 Å². The van der Waals surface area contributed by atoms with Crippen LogP contribution in [0.2, 0.25) is 0 Å². The molecule has 10 nitrogen and oxygen atoms in total. The first-order valence-corrected chi connectivity index (χ1v) is 16.3. The predicted molar refractivity (Wildman–Crippen MR) is 168 cm³/mol. The molecule has 0 radical (unpaired) electrons. The third-order valence-electron chi connectivity index (χ3n) is 8.37. The minimum absolute atomic E-state index is 0.0180. The second kappa shape index (κ2) is 15.2. The Kier molecular flexibility index (Phi) is 11.3. The minimum atomic E-state index is -4.74. The van der Waals surface area contributed by atoms with Crippen LogP contribution in [-0.4, -0.2) is 95.9 Å². The van der Waals surface area contributed by atoms with Crippen LogP contribution in [-0.2, 0) is 27.0 Å². The summed E-state index contributed by atoms with van der Waals surface area (Å²) >= 11 is 1.15. The van der Waals surface area contributed by atoms with E-state index >= 15 is 4.39 Å². The van der Waals surface area contributed by atoms with Gasteiger partial charge >= 0.3 is 12.1 Å². The Morgan fingerprint density at radius 3 is 2.66 bits per heavy atom. The molecule has 2 aliphatic heterocycles. The van der Waals surface area contributed by atoms with E-state index in [-0.39, 0.29) is 59.1 Å². The van der Waals surface area contributed by atoms with Crippen LogP contribution in [0.15, 0.2) is 24.5 Å². The first-order chi connectivity index (χ1) is 22.5. The number of methoxy groups -OCH3 is 1. The van der Waals surface area contributed by atoms with Crippen molar-refractivity contribution in [2.24, 2.45) is 0 Å². The molecule has 5 rings (SSSR count). The van der Waals surface area contributed by atoms with E-state index in [1.54, 1.807) is 18.9 Å². The van der Waals surface area contributed by atoms with Crippen molar-refractivity contribution in [3.63, 3.8) is 0 Å². The first kappa shape index (κ1) is 34.9. The maximum Gasteiger partial charge on any atom is 0.416 e. The van der Waals surface area contributed by atoms with E-state index in [2.05, 4.69) is 37.0 Å². The Morgan fingerprint density at radius 2 is 1.96 bits per heavy atom. The largest absolute Gasteiger partial charge is 0.466 e. The predicted octanol–water partition coefficient (Wildman–Crippen LogP) is 5.72. The van der Waals surface area contributed by atoms with Gasteiger partial charge in [0.1, 0.15) is 12.1 Å². The molecule has 3 aromatic rings. The Labute approximate surface area is 273 Å². The number of nitrogens with zero attached hydrogens (tertiary/aromatic N) is 6. The Hall–Kier alpha value is -3.47. The summed E-state index contributed by atoms with van der Waals surface area (Å²) < 4.78 is 81.7. The Balaban J connectivity index is 1.41. The molecule has 0 spiro atoms. The van der Waals surface area contributed by atoms with Gasteiger partial charge in [0, 0.05) is 56.3 Å². The summed E-state index contributed by atoms with van der Waals surface area (Å²) in [5.74, 6) is -2.15. The zero-order chi connectivity index (χ0) is 33.7. The normalized spacial score (nSPS) is 19.4. The van der Waals surface area contributed by atoms with Gasteiger partial charge in [-0.25, -0.2) is 19.3 Å². The van der Waals surface area contributed by atoms with E-state index in [0.717, 1.165) is 42.9 Å². The van der Waals surface area contributed by atoms with Crippen molar-refractivity contribution >= 4 is 34.1 Å². The summed E-state index contributed by atoms with van der Waals surface area (Å²) in [5.41, 5.74) is -0.945.